The Morgan fingerprint density at radius 3 is 2.67 bits per heavy atom. The first-order valence-electron chi connectivity index (χ1n) is 6.16. The number of nitrogens with one attached hydrogen (secondary N) is 1. The van der Waals surface area contributed by atoms with Crippen LogP contribution in [0, 0.1) is 5.82 Å². The molecule has 3 N–H and O–H groups in total. The molecule has 0 spiro atoms. The van der Waals surface area contributed by atoms with Gasteiger partial charge < -0.3 is 15.8 Å². The molecule has 0 fully saturated rings. The quantitative estimate of drug-likeness (QED) is 0.868. The van der Waals surface area contributed by atoms with Crippen LogP contribution in [0.1, 0.15) is 11.6 Å². The minimum absolute atomic E-state index is 0.205. The SMILES string of the molecule is COc1ccc(Br)c(C(Nc2ccccc2F)C(N)=O)c1. The van der Waals surface area contributed by atoms with Crippen molar-refractivity contribution in [2.75, 3.05) is 12.4 Å². The number of para-hydroxylation sites is 1. The van der Waals surface area contributed by atoms with Crippen molar-refractivity contribution in [2.24, 2.45) is 5.73 Å². The van der Waals surface area contributed by atoms with Crippen LogP contribution in [0.25, 0.3) is 0 Å². The summed E-state index contributed by atoms with van der Waals surface area (Å²) in [5, 5.41) is 2.82. The average molecular weight is 353 g/mol. The molecule has 0 bridgehead atoms. The molecule has 110 valence electrons. The van der Waals surface area contributed by atoms with Crippen molar-refractivity contribution >= 4 is 27.5 Å². The normalized spacial score (nSPS) is 11.8. The summed E-state index contributed by atoms with van der Waals surface area (Å²) in [6, 6.07) is 10.4. The molecule has 0 saturated heterocycles. The zero-order valence-corrected chi connectivity index (χ0v) is 12.9. The summed E-state index contributed by atoms with van der Waals surface area (Å²) in [5.41, 5.74) is 6.22. The predicted octanol–water partition coefficient (Wildman–Crippen LogP) is 3.24. The number of hydrogen-bond acceptors (Lipinski definition) is 3. The molecule has 0 heterocycles. The van der Waals surface area contributed by atoms with E-state index in [-0.39, 0.29) is 5.69 Å². The van der Waals surface area contributed by atoms with Crippen LogP contribution in [-0.2, 0) is 4.79 Å². The first-order chi connectivity index (χ1) is 10.0. The topological polar surface area (TPSA) is 64.3 Å². The van der Waals surface area contributed by atoms with Crippen molar-refractivity contribution < 1.29 is 13.9 Å². The number of anilines is 1. The fourth-order valence-corrected chi connectivity index (χ4v) is 2.38. The first kappa shape index (κ1) is 15.3. The summed E-state index contributed by atoms with van der Waals surface area (Å²) in [5.74, 6) is -0.496. The minimum atomic E-state index is -0.883. The van der Waals surface area contributed by atoms with Crippen LogP contribution in [0.5, 0.6) is 5.75 Å². The molecule has 2 aromatic carbocycles. The maximum absolute atomic E-state index is 13.7. The van der Waals surface area contributed by atoms with Gasteiger partial charge >= 0.3 is 0 Å². The number of carbonyl (C=O) groups is 1. The standard InChI is InChI=1S/C15H14BrFN2O2/c1-21-9-6-7-11(16)10(8-9)14(15(18)20)19-13-5-3-2-4-12(13)17/h2-8,14,19H,1H3,(H2,18,20). The second kappa shape index (κ2) is 6.58. The summed E-state index contributed by atoms with van der Waals surface area (Å²) in [6.07, 6.45) is 0. The predicted molar refractivity (Wildman–Crippen MR) is 82.7 cm³/mol. The van der Waals surface area contributed by atoms with Gasteiger partial charge in [-0.15, -0.1) is 0 Å². The van der Waals surface area contributed by atoms with Crippen LogP contribution in [0.15, 0.2) is 46.9 Å². The molecule has 1 amide bonds. The molecule has 0 radical (unpaired) electrons. The number of hydrogen-bond donors (Lipinski definition) is 2. The lowest BCUT2D eigenvalue weighted by molar-refractivity contribution is -0.118. The number of ether oxygens (including phenoxy) is 1. The number of halogens is 2. The lowest BCUT2D eigenvalue weighted by Gasteiger charge is -2.19. The molecule has 21 heavy (non-hydrogen) atoms. The third kappa shape index (κ3) is 3.52. The van der Waals surface area contributed by atoms with Gasteiger partial charge in [0.1, 0.15) is 17.6 Å². The number of primary amides is 1. The van der Waals surface area contributed by atoms with Crippen molar-refractivity contribution in [1.82, 2.24) is 0 Å². The van der Waals surface area contributed by atoms with E-state index in [0.29, 0.717) is 15.8 Å². The van der Waals surface area contributed by atoms with Gasteiger partial charge in [-0.05, 0) is 30.3 Å². The minimum Gasteiger partial charge on any atom is -0.497 e. The molecular weight excluding hydrogens is 339 g/mol. The zero-order valence-electron chi connectivity index (χ0n) is 11.3. The third-order valence-corrected chi connectivity index (χ3v) is 3.69. The highest BCUT2D eigenvalue weighted by Crippen LogP contribution is 2.30. The van der Waals surface area contributed by atoms with E-state index < -0.39 is 17.8 Å². The Hall–Kier alpha value is -2.08. The number of methoxy groups -OCH3 is 1. The largest absolute Gasteiger partial charge is 0.497 e. The van der Waals surface area contributed by atoms with Crippen LogP contribution < -0.4 is 15.8 Å². The van der Waals surface area contributed by atoms with Crippen LogP contribution in [0.3, 0.4) is 0 Å². The Morgan fingerprint density at radius 1 is 1.33 bits per heavy atom. The lowest BCUT2D eigenvalue weighted by atomic mass is 10.1. The third-order valence-electron chi connectivity index (χ3n) is 2.97. The van der Waals surface area contributed by atoms with Gasteiger partial charge in [0.05, 0.1) is 12.8 Å². The van der Waals surface area contributed by atoms with E-state index in [4.69, 9.17) is 10.5 Å². The molecule has 2 aromatic rings. The van der Waals surface area contributed by atoms with Crippen molar-refractivity contribution in [3.05, 3.63) is 58.3 Å². The van der Waals surface area contributed by atoms with E-state index in [1.54, 1.807) is 36.4 Å². The van der Waals surface area contributed by atoms with Crippen molar-refractivity contribution in [1.29, 1.82) is 0 Å². The molecule has 0 saturated carbocycles. The van der Waals surface area contributed by atoms with Crippen LogP contribution >= 0.6 is 15.9 Å². The Kier molecular flexibility index (Phi) is 4.80. The monoisotopic (exact) mass is 352 g/mol. The molecule has 1 atom stereocenters. The summed E-state index contributed by atoms with van der Waals surface area (Å²) >= 11 is 3.36. The highest BCUT2D eigenvalue weighted by molar-refractivity contribution is 9.10. The Bertz CT molecular complexity index is 664. The van der Waals surface area contributed by atoms with Gasteiger partial charge in [0.15, 0.2) is 0 Å². The molecule has 1 unspecified atom stereocenters. The van der Waals surface area contributed by atoms with Gasteiger partial charge in [0.25, 0.3) is 0 Å². The van der Waals surface area contributed by atoms with E-state index in [1.807, 2.05) is 0 Å². The summed E-state index contributed by atoms with van der Waals surface area (Å²) < 4.78 is 19.5. The van der Waals surface area contributed by atoms with Gasteiger partial charge in [0, 0.05) is 10.0 Å². The summed E-state index contributed by atoms with van der Waals surface area (Å²) in [7, 11) is 1.52. The molecule has 2 rings (SSSR count). The highest BCUT2D eigenvalue weighted by Gasteiger charge is 2.22. The average Bonchev–Trinajstić information content (AvgIpc) is 2.47. The molecule has 6 heteroatoms. The molecule has 0 aliphatic heterocycles. The van der Waals surface area contributed by atoms with Crippen molar-refractivity contribution in [3.63, 3.8) is 0 Å². The number of nitrogens with two attached hydrogens (primary N) is 1. The van der Waals surface area contributed by atoms with E-state index in [0.717, 1.165) is 0 Å². The van der Waals surface area contributed by atoms with Gasteiger partial charge in [-0.25, -0.2) is 4.39 Å². The van der Waals surface area contributed by atoms with Gasteiger partial charge in [-0.3, -0.25) is 4.79 Å². The van der Waals surface area contributed by atoms with Crippen LogP contribution in [-0.4, -0.2) is 13.0 Å². The van der Waals surface area contributed by atoms with Crippen molar-refractivity contribution in [2.45, 2.75) is 6.04 Å². The maximum atomic E-state index is 13.7. The van der Waals surface area contributed by atoms with Crippen LogP contribution in [0.2, 0.25) is 0 Å². The fourth-order valence-electron chi connectivity index (χ4n) is 1.91. The molecular formula is C15H14BrFN2O2. The molecule has 0 aliphatic rings. The van der Waals surface area contributed by atoms with Gasteiger partial charge in [-0.2, -0.15) is 0 Å². The van der Waals surface area contributed by atoms with E-state index in [1.165, 1.54) is 13.2 Å². The number of amides is 1. The number of benzene rings is 2. The first-order valence-corrected chi connectivity index (χ1v) is 6.96. The lowest BCUT2D eigenvalue weighted by Crippen LogP contribution is -2.28. The molecule has 0 aromatic heterocycles. The number of carbonyl (C=O) groups excluding carboxylic acids is 1. The Labute approximate surface area is 130 Å². The van der Waals surface area contributed by atoms with E-state index >= 15 is 0 Å². The molecule has 0 aliphatic carbocycles. The van der Waals surface area contributed by atoms with E-state index in [2.05, 4.69) is 21.2 Å². The highest BCUT2D eigenvalue weighted by atomic mass is 79.9. The second-order valence-corrected chi connectivity index (χ2v) is 5.20. The van der Waals surface area contributed by atoms with Gasteiger partial charge in [-0.1, -0.05) is 28.1 Å². The summed E-state index contributed by atoms with van der Waals surface area (Å²) in [4.78, 5) is 11.7. The number of rotatable bonds is 5. The smallest absolute Gasteiger partial charge is 0.244 e. The summed E-state index contributed by atoms with van der Waals surface area (Å²) in [6.45, 7) is 0. The van der Waals surface area contributed by atoms with Gasteiger partial charge in [0.2, 0.25) is 5.91 Å². The maximum Gasteiger partial charge on any atom is 0.244 e. The fraction of sp³-hybridized carbons (Fsp3) is 0.133. The molecule has 4 nitrogen and oxygen atoms in total. The van der Waals surface area contributed by atoms with E-state index in [9.17, 15) is 9.18 Å². The van der Waals surface area contributed by atoms with Crippen LogP contribution in [0.4, 0.5) is 10.1 Å². The second-order valence-electron chi connectivity index (χ2n) is 4.35. The zero-order chi connectivity index (χ0) is 15.4. The van der Waals surface area contributed by atoms with Crippen molar-refractivity contribution in [3.8, 4) is 5.75 Å². The Balaban J connectivity index is 2.40. The Morgan fingerprint density at radius 2 is 2.05 bits per heavy atom.